The summed E-state index contributed by atoms with van der Waals surface area (Å²) in [5.41, 5.74) is -1.02. The number of hydrogen-bond donors (Lipinski definition) is 2. The summed E-state index contributed by atoms with van der Waals surface area (Å²) >= 11 is 0. The summed E-state index contributed by atoms with van der Waals surface area (Å²) in [4.78, 5) is 66.2. The Labute approximate surface area is 367 Å². The molecule has 13 atom stereocenters. The van der Waals surface area contributed by atoms with Crippen molar-refractivity contribution < 1.29 is 62.6 Å². The molecule has 5 aliphatic rings. The second-order valence-corrected chi connectivity index (χ2v) is 18.7. The number of rotatable bonds is 12. The van der Waals surface area contributed by atoms with Crippen molar-refractivity contribution in [2.45, 2.75) is 121 Å². The third kappa shape index (κ3) is 8.57. The summed E-state index contributed by atoms with van der Waals surface area (Å²) in [6.07, 6.45) is 0.0677. The molecule has 13 nitrogen and oxygen atoms in total. The molecule has 5 fully saturated rings. The van der Waals surface area contributed by atoms with Crippen molar-refractivity contribution in [3.05, 3.63) is 108 Å². The zero-order chi connectivity index (χ0) is 44.5. The number of Topliss-reactive ketones (excluding diaryl/α,β-unsaturated/α-hetero) is 1. The van der Waals surface area contributed by atoms with Crippen LogP contribution in [0.15, 0.2) is 91.0 Å². The smallest absolute Gasteiger partial charge is 0.338 e. The van der Waals surface area contributed by atoms with E-state index in [9.17, 15) is 29.1 Å². The van der Waals surface area contributed by atoms with E-state index >= 15 is 0 Å². The van der Waals surface area contributed by atoms with Gasteiger partial charge >= 0.3 is 23.9 Å². The molecule has 3 aromatic carbocycles. The van der Waals surface area contributed by atoms with Gasteiger partial charge < -0.3 is 38.6 Å². The minimum atomic E-state index is -1.34. The van der Waals surface area contributed by atoms with E-state index in [0.29, 0.717) is 32.1 Å². The molecular weight excluding hydrogens is 809 g/mol. The number of carbonyl (C=O) groups excluding carboxylic acids is 5. The highest BCUT2D eigenvalue weighted by Gasteiger charge is 2.68. The van der Waals surface area contributed by atoms with E-state index in [2.05, 4.69) is 6.92 Å². The second kappa shape index (κ2) is 18.3. The Hall–Kier alpha value is -4.95. The van der Waals surface area contributed by atoms with Gasteiger partial charge in [0.1, 0.15) is 13.2 Å². The highest BCUT2D eigenvalue weighted by atomic mass is 16.7. The van der Waals surface area contributed by atoms with Crippen molar-refractivity contribution >= 4 is 29.7 Å². The number of aliphatic hydroxyl groups is 2. The van der Waals surface area contributed by atoms with Crippen LogP contribution in [0.25, 0.3) is 0 Å². The van der Waals surface area contributed by atoms with Crippen LogP contribution in [0.3, 0.4) is 0 Å². The maximum atomic E-state index is 13.9. The average Bonchev–Trinajstić information content (AvgIpc) is 3.59. The van der Waals surface area contributed by atoms with Crippen LogP contribution >= 0.6 is 0 Å². The fraction of sp³-hybridized carbons (Fsp3) is 0.540. The molecule has 1 aliphatic heterocycles. The van der Waals surface area contributed by atoms with Gasteiger partial charge in [-0.05, 0) is 124 Å². The lowest BCUT2D eigenvalue weighted by molar-refractivity contribution is -0.308. The van der Waals surface area contributed by atoms with Gasteiger partial charge in [-0.1, -0.05) is 68.4 Å². The number of carbonyl (C=O) groups is 5. The largest absolute Gasteiger partial charge is 0.456 e. The Bertz CT molecular complexity index is 2130. The predicted octanol–water partition coefficient (Wildman–Crippen LogP) is 6.67. The van der Waals surface area contributed by atoms with Crippen molar-refractivity contribution in [2.75, 3.05) is 13.2 Å². The first-order valence-corrected chi connectivity index (χ1v) is 22.4. The summed E-state index contributed by atoms with van der Waals surface area (Å²) in [5, 5.41) is 21.7. The molecule has 336 valence electrons. The van der Waals surface area contributed by atoms with Crippen LogP contribution in [0.2, 0.25) is 0 Å². The molecular formula is C50H58O13. The van der Waals surface area contributed by atoms with Crippen LogP contribution in [0.1, 0.15) is 110 Å². The standard InChI is InChI=1S/C50H58O13/c1-30-41(61-44(54)31-13-7-4-8-14-31)42(62-45(55)32-15-9-5-10-16-32)43(63-46(56)33-17-11-6-12-18-33)47(59-30)60-35-21-24-48(2)34(27-35)19-20-37-36(48)22-25-49(3)38(23-26-50(37,49)57)39(52)29-58-40(53)28-51/h4-18,30,34-38,41-43,47,51,57H,19-29H2,1-3H3/t30-,34+,35-,36-,37+,38+,41-,42+,43+,47+,48-,49+,50-/m0/s1. The van der Waals surface area contributed by atoms with Gasteiger partial charge in [-0.2, -0.15) is 0 Å². The lowest BCUT2D eigenvalue weighted by atomic mass is 9.43. The molecule has 0 unspecified atom stereocenters. The molecule has 1 saturated heterocycles. The summed E-state index contributed by atoms with van der Waals surface area (Å²) in [7, 11) is 0. The maximum absolute atomic E-state index is 13.9. The Morgan fingerprint density at radius 1 is 0.667 bits per heavy atom. The molecule has 4 saturated carbocycles. The summed E-state index contributed by atoms with van der Waals surface area (Å²) in [6, 6.07) is 25.3. The molecule has 2 N–H and O–H groups in total. The number of esters is 4. The number of fused-ring (bicyclic) bond motifs is 5. The van der Waals surface area contributed by atoms with E-state index in [1.165, 1.54) is 0 Å². The van der Waals surface area contributed by atoms with E-state index in [1.807, 2.05) is 6.92 Å². The third-order valence-corrected chi connectivity index (χ3v) is 15.5. The Kier molecular flexibility index (Phi) is 12.9. The topological polar surface area (TPSA) is 181 Å². The quantitative estimate of drug-likeness (QED) is 0.112. The first kappa shape index (κ1) is 44.6. The van der Waals surface area contributed by atoms with Crippen molar-refractivity contribution in [3.8, 4) is 0 Å². The third-order valence-electron chi connectivity index (χ3n) is 15.5. The van der Waals surface area contributed by atoms with Crippen LogP contribution < -0.4 is 0 Å². The van der Waals surface area contributed by atoms with Crippen LogP contribution in [-0.2, 0) is 38.0 Å². The van der Waals surface area contributed by atoms with E-state index < -0.39 is 84.7 Å². The van der Waals surface area contributed by atoms with Crippen molar-refractivity contribution in [1.82, 2.24) is 0 Å². The van der Waals surface area contributed by atoms with E-state index in [0.717, 1.165) is 25.7 Å². The first-order valence-electron chi connectivity index (χ1n) is 22.4. The monoisotopic (exact) mass is 866 g/mol. The van der Waals surface area contributed by atoms with Gasteiger partial charge in [-0.3, -0.25) is 4.79 Å². The molecule has 0 aromatic heterocycles. The zero-order valence-corrected chi connectivity index (χ0v) is 36.1. The normalized spacial score (nSPS) is 35.8. The van der Waals surface area contributed by atoms with E-state index in [4.69, 9.17) is 33.5 Å². The Balaban J connectivity index is 1.03. The average molecular weight is 867 g/mol. The number of aliphatic hydroxyl groups excluding tert-OH is 1. The minimum absolute atomic E-state index is 0.00680. The molecule has 1 heterocycles. The zero-order valence-electron chi connectivity index (χ0n) is 36.1. The van der Waals surface area contributed by atoms with Crippen LogP contribution in [0.5, 0.6) is 0 Å². The van der Waals surface area contributed by atoms with Gasteiger partial charge in [0.05, 0.1) is 34.5 Å². The van der Waals surface area contributed by atoms with Crippen molar-refractivity contribution in [1.29, 1.82) is 0 Å². The molecule has 0 amide bonds. The number of ketones is 1. The van der Waals surface area contributed by atoms with E-state index in [1.54, 1.807) is 97.9 Å². The number of benzene rings is 3. The molecule has 0 radical (unpaired) electrons. The highest BCUT2D eigenvalue weighted by Crippen LogP contribution is 2.69. The van der Waals surface area contributed by atoms with Gasteiger partial charge in [-0.15, -0.1) is 0 Å². The van der Waals surface area contributed by atoms with Gasteiger partial charge in [0.15, 0.2) is 30.4 Å². The minimum Gasteiger partial charge on any atom is -0.456 e. The molecule has 13 heteroatoms. The molecule has 8 rings (SSSR count). The van der Waals surface area contributed by atoms with Crippen LogP contribution in [0, 0.1) is 34.5 Å². The van der Waals surface area contributed by atoms with Gasteiger partial charge in [0.25, 0.3) is 0 Å². The van der Waals surface area contributed by atoms with Crippen molar-refractivity contribution in [3.63, 3.8) is 0 Å². The fourth-order valence-electron chi connectivity index (χ4n) is 12.1. The lowest BCUT2D eigenvalue weighted by Crippen LogP contribution is -2.63. The molecule has 3 aromatic rings. The fourth-order valence-corrected chi connectivity index (χ4v) is 12.1. The predicted molar refractivity (Wildman–Crippen MR) is 226 cm³/mol. The molecule has 4 aliphatic carbocycles. The molecule has 0 spiro atoms. The maximum Gasteiger partial charge on any atom is 0.338 e. The van der Waals surface area contributed by atoms with Gasteiger partial charge in [0.2, 0.25) is 0 Å². The number of ether oxygens (including phenoxy) is 6. The Morgan fingerprint density at radius 3 is 1.79 bits per heavy atom. The van der Waals surface area contributed by atoms with E-state index in [-0.39, 0.29) is 51.7 Å². The summed E-state index contributed by atoms with van der Waals surface area (Å²) in [6.45, 7) is 4.87. The SMILES string of the molecule is C[C@@H]1O[C@H](O[C@H]2CC[C@@]3(C)[C@H](CC[C@@H]4[C@@H]3CC[C@]3(C)[C@@H](C(=O)COC(=O)CO)CC[C@]43O)C2)[C@H](OC(=O)c2ccccc2)[C@H](OC(=O)c2ccccc2)[C@H]1OC(=O)c1ccccc1. The van der Waals surface area contributed by atoms with Crippen molar-refractivity contribution in [2.24, 2.45) is 34.5 Å². The van der Waals surface area contributed by atoms with Gasteiger partial charge in [-0.25, -0.2) is 19.2 Å². The summed E-state index contributed by atoms with van der Waals surface area (Å²) < 4.78 is 36.9. The number of hydrogen-bond acceptors (Lipinski definition) is 13. The highest BCUT2D eigenvalue weighted by molar-refractivity contribution is 5.91. The second-order valence-electron chi connectivity index (χ2n) is 18.7. The summed E-state index contributed by atoms with van der Waals surface area (Å²) in [5.74, 6) is -3.11. The van der Waals surface area contributed by atoms with Crippen LogP contribution in [-0.4, -0.2) is 95.5 Å². The molecule has 0 bridgehead atoms. The lowest BCUT2D eigenvalue weighted by Gasteiger charge is -2.63. The van der Waals surface area contributed by atoms with Crippen LogP contribution in [0.4, 0.5) is 0 Å². The van der Waals surface area contributed by atoms with Gasteiger partial charge in [0, 0.05) is 11.3 Å². The molecule has 63 heavy (non-hydrogen) atoms. The Morgan fingerprint density at radius 2 is 1.22 bits per heavy atom. The first-order chi connectivity index (χ1) is 30.3.